The molecule has 1 heterocycles. The highest BCUT2D eigenvalue weighted by molar-refractivity contribution is 6.30. The minimum absolute atomic E-state index is 0.0842. The van der Waals surface area contributed by atoms with E-state index in [2.05, 4.69) is 15.5 Å². The fourth-order valence-corrected chi connectivity index (χ4v) is 2.48. The summed E-state index contributed by atoms with van der Waals surface area (Å²) in [5.74, 6) is -0.113. The van der Waals surface area contributed by atoms with Gasteiger partial charge in [-0.2, -0.15) is 4.98 Å². The Hall–Kier alpha value is -2.93. The summed E-state index contributed by atoms with van der Waals surface area (Å²) >= 11 is 5.94. The van der Waals surface area contributed by atoms with Crippen LogP contribution in [0.1, 0.15) is 16.2 Å². The number of rotatable bonds is 6. The molecule has 0 fully saturated rings. The van der Waals surface area contributed by atoms with Gasteiger partial charge in [-0.1, -0.05) is 28.9 Å². The number of hydrogen-bond donors (Lipinski definition) is 1. The molecular weight excluding hydrogens is 361 g/mol. The molecule has 0 radical (unpaired) electrons. The molecule has 26 heavy (non-hydrogen) atoms. The van der Waals surface area contributed by atoms with Crippen LogP contribution in [-0.2, 0) is 6.42 Å². The highest BCUT2D eigenvalue weighted by Gasteiger charge is 2.12. The number of hydrogen-bond acceptors (Lipinski definition) is 5. The number of halogens is 2. The Morgan fingerprint density at radius 1 is 1.31 bits per heavy atom. The minimum atomic E-state index is -0.594. The summed E-state index contributed by atoms with van der Waals surface area (Å²) in [5.41, 5.74) is 0.943. The number of carbonyl (C=O) groups is 1. The predicted molar refractivity (Wildman–Crippen MR) is 93.7 cm³/mol. The fourth-order valence-electron chi connectivity index (χ4n) is 2.29. The zero-order chi connectivity index (χ0) is 18.5. The summed E-state index contributed by atoms with van der Waals surface area (Å²) in [7, 11) is 1.36. The lowest BCUT2D eigenvalue weighted by Crippen LogP contribution is -2.25. The van der Waals surface area contributed by atoms with Crippen LogP contribution in [0.15, 0.2) is 47.0 Å². The maximum Gasteiger partial charge on any atom is 0.251 e. The summed E-state index contributed by atoms with van der Waals surface area (Å²) in [6.07, 6.45) is 0.345. The fraction of sp³-hybridized carbons (Fsp3) is 0.167. The van der Waals surface area contributed by atoms with Gasteiger partial charge in [0.2, 0.25) is 11.7 Å². The number of methoxy groups -OCH3 is 1. The van der Waals surface area contributed by atoms with Gasteiger partial charge in [-0.05, 0) is 30.3 Å². The van der Waals surface area contributed by atoms with Gasteiger partial charge < -0.3 is 14.6 Å². The van der Waals surface area contributed by atoms with Crippen molar-refractivity contribution in [2.24, 2.45) is 0 Å². The Balaban J connectivity index is 1.57. The molecule has 0 saturated carbocycles. The molecule has 0 bridgehead atoms. The Morgan fingerprint density at radius 3 is 2.88 bits per heavy atom. The molecule has 0 spiro atoms. The molecule has 1 N–H and O–H groups in total. The number of benzene rings is 2. The van der Waals surface area contributed by atoms with E-state index in [4.69, 9.17) is 20.9 Å². The van der Waals surface area contributed by atoms with E-state index in [1.54, 1.807) is 18.2 Å². The van der Waals surface area contributed by atoms with Gasteiger partial charge in [0.15, 0.2) is 11.6 Å². The number of aromatic nitrogens is 2. The van der Waals surface area contributed by atoms with Crippen molar-refractivity contribution in [1.82, 2.24) is 15.5 Å². The number of carbonyl (C=O) groups excluding carboxylic acids is 1. The van der Waals surface area contributed by atoms with Crippen LogP contribution in [0.5, 0.6) is 5.75 Å². The first-order chi connectivity index (χ1) is 12.6. The van der Waals surface area contributed by atoms with Crippen LogP contribution in [0.2, 0.25) is 5.02 Å². The van der Waals surface area contributed by atoms with Crippen LogP contribution in [0.4, 0.5) is 4.39 Å². The van der Waals surface area contributed by atoms with Crippen LogP contribution >= 0.6 is 11.6 Å². The van der Waals surface area contributed by atoms with Crippen molar-refractivity contribution in [2.45, 2.75) is 6.42 Å². The summed E-state index contributed by atoms with van der Waals surface area (Å²) in [6, 6.07) is 11.1. The van der Waals surface area contributed by atoms with Crippen molar-refractivity contribution >= 4 is 17.5 Å². The minimum Gasteiger partial charge on any atom is -0.494 e. The number of nitrogens with one attached hydrogen (secondary N) is 1. The molecule has 1 amide bonds. The first-order valence-electron chi connectivity index (χ1n) is 7.77. The second kappa shape index (κ2) is 7.97. The average Bonchev–Trinajstić information content (AvgIpc) is 3.10. The maximum atomic E-state index is 13.6. The molecule has 0 atom stereocenters. The zero-order valence-corrected chi connectivity index (χ0v) is 14.6. The predicted octanol–water partition coefficient (Wildman–Crippen LogP) is 3.51. The Morgan fingerprint density at radius 2 is 2.15 bits per heavy atom. The van der Waals surface area contributed by atoms with E-state index in [1.165, 1.54) is 19.2 Å². The van der Waals surface area contributed by atoms with Gasteiger partial charge >= 0.3 is 0 Å². The van der Waals surface area contributed by atoms with Gasteiger partial charge in [-0.3, -0.25) is 4.79 Å². The van der Waals surface area contributed by atoms with E-state index in [0.29, 0.717) is 23.2 Å². The lowest BCUT2D eigenvalue weighted by molar-refractivity contribution is 0.0953. The highest BCUT2D eigenvalue weighted by atomic mass is 35.5. The lowest BCUT2D eigenvalue weighted by atomic mass is 10.2. The maximum absolute atomic E-state index is 13.6. The van der Waals surface area contributed by atoms with Gasteiger partial charge in [-0.15, -0.1) is 0 Å². The van der Waals surface area contributed by atoms with Crippen LogP contribution in [0.25, 0.3) is 11.4 Å². The summed E-state index contributed by atoms with van der Waals surface area (Å²) in [6.45, 7) is 0.268. The first-order valence-corrected chi connectivity index (χ1v) is 8.15. The SMILES string of the molecule is COc1ccc(C(=O)NCCc2nc(-c3cccc(Cl)c3)no2)cc1F. The number of ether oxygens (including phenoxy) is 1. The Labute approximate surface area is 153 Å². The number of nitrogens with zero attached hydrogens (tertiary/aromatic N) is 2. The van der Waals surface area contributed by atoms with Gasteiger partial charge in [0.05, 0.1) is 7.11 Å². The van der Waals surface area contributed by atoms with E-state index < -0.39 is 11.7 Å². The largest absolute Gasteiger partial charge is 0.494 e. The van der Waals surface area contributed by atoms with Crippen LogP contribution in [-0.4, -0.2) is 29.7 Å². The van der Waals surface area contributed by atoms with Crippen LogP contribution in [0.3, 0.4) is 0 Å². The molecule has 2 aromatic carbocycles. The van der Waals surface area contributed by atoms with Gasteiger partial charge in [-0.25, -0.2) is 4.39 Å². The third-order valence-corrected chi connectivity index (χ3v) is 3.82. The summed E-state index contributed by atoms with van der Waals surface area (Å²) in [5, 5.41) is 7.14. The molecule has 0 aliphatic carbocycles. The molecule has 6 nitrogen and oxygen atoms in total. The quantitative estimate of drug-likeness (QED) is 0.713. The third-order valence-electron chi connectivity index (χ3n) is 3.59. The molecular formula is C18H15ClFN3O3. The van der Waals surface area contributed by atoms with Crippen molar-refractivity contribution in [3.63, 3.8) is 0 Å². The zero-order valence-electron chi connectivity index (χ0n) is 13.8. The molecule has 0 unspecified atom stereocenters. The molecule has 0 aliphatic rings. The van der Waals surface area contributed by atoms with E-state index >= 15 is 0 Å². The summed E-state index contributed by atoms with van der Waals surface area (Å²) < 4.78 is 23.6. The molecule has 3 aromatic rings. The second-order valence-corrected chi connectivity index (χ2v) is 5.81. The van der Waals surface area contributed by atoms with Crippen molar-refractivity contribution in [2.75, 3.05) is 13.7 Å². The lowest BCUT2D eigenvalue weighted by Gasteiger charge is -2.06. The van der Waals surface area contributed by atoms with Gasteiger partial charge in [0, 0.05) is 29.1 Å². The topological polar surface area (TPSA) is 77.2 Å². The monoisotopic (exact) mass is 375 g/mol. The molecule has 0 saturated heterocycles. The molecule has 0 aliphatic heterocycles. The highest BCUT2D eigenvalue weighted by Crippen LogP contribution is 2.20. The van der Waals surface area contributed by atoms with Crippen LogP contribution in [0, 0.1) is 5.82 Å². The van der Waals surface area contributed by atoms with E-state index in [0.717, 1.165) is 11.6 Å². The molecule has 8 heteroatoms. The molecule has 3 rings (SSSR count). The third kappa shape index (κ3) is 4.18. The Bertz CT molecular complexity index is 930. The number of amides is 1. The van der Waals surface area contributed by atoms with Crippen LogP contribution < -0.4 is 10.1 Å². The standard InChI is InChI=1S/C18H15ClFN3O3/c1-25-15-6-5-12(10-14(15)20)18(24)21-8-7-16-22-17(23-26-16)11-3-2-4-13(19)9-11/h2-6,9-10H,7-8H2,1H3,(H,21,24). The van der Waals surface area contributed by atoms with Crippen molar-refractivity contribution in [1.29, 1.82) is 0 Å². The van der Waals surface area contributed by atoms with Crippen molar-refractivity contribution < 1.29 is 18.4 Å². The second-order valence-electron chi connectivity index (χ2n) is 5.38. The van der Waals surface area contributed by atoms with Crippen molar-refractivity contribution in [3.05, 3.63) is 64.8 Å². The van der Waals surface area contributed by atoms with E-state index in [9.17, 15) is 9.18 Å². The molecule has 134 valence electrons. The van der Waals surface area contributed by atoms with E-state index in [-0.39, 0.29) is 17.9 Å². The molecule has 1 aromatic heterocycles. The normalized spacial score (nSPS) is 10.6. The smallest absolute Gasteiger partial charge is 0.251 e. The van der Waals surface area contributed by atoms with Gasteiger partial charge in [0.25, 0.3) is 5.91 Å². The first kappa shape index (κ1) is 17.9. The van der Waals surface area contributed by atoms with Gasteiger partial charge in [0.1, 0.15) is 0 Å². The van der Waals surface area contributed by atoms with E-state index in [1.807, 2.05) is 6.07 Å². The summed E-state index contributed by atoms with van der Waals surface area (Å²) in [4.78, 5) is 16.3. The Kier molecular flexibility index (Phi) is 5.48. The van der Waals surface area contributed by atoms with Crippen molar-refractivity contribution in [3.8, 4) is 17.1 Å². The average molecular weight is 376 g/mol.